The van der Waals surface area contributed by atoms with Crippen molar-refractivity contribution >= 4 is 5.69 Å². The summed E-state index contributed by atoms with van der Waals surface area (Å²) >= 11 is 0. The summed E-state index contributed by atoms with van der Waals surface area (Å²) in [5, 5.41) is 0. The first kappa shape index (κ1) is 11.8. The molecule has 0 amide bonds. The van der Waals surface area contributed by atoms with Crippen LogP contribution in [0.4, 0.5) is 18.9 Å². The van der Waals surface area contributed by atoms with E-state index in [1.54, 1.807) is 0 Å². The molecule has 15 heavy (non-hydrogen) atoms. The number of nitrogens with zero attached hydrogens (tertiary/aromatic N) is 1. The Morgan fingerprint density at radius 2 is 1.93 bits per heavy atom. The molecule has 0 aromatic carbocycles. The fraction of sp³-hybridized carbons (Fsp3) is 0.500. The molecule has 0 aliphatic heterocycles. The van der Waals surface area contributed by atoms with Crippen molar-refractivity contribution in [1.29, 1.82) is 0 Å². The van der Waals surface area contributed by atoms with Crippen LogP contribution in [0, 0.1) is 5.92 Å². The Balaban J connectivity index is 3.12. The lowest BCUT2D eigenvalue weighted by atomic mass is 10.0. The van der Waals surface area contributed by atoms with Crippen LogP contribution in [0.1, 0.15) is 25.0 Å². The molecule has 2 N–H and O–H groups in total. The zero-order chi connectivity index (χ0) is 11.6. The SMILES string of the molecule is CC(C)Cc1cncc(C(F)(F)F)c1N. The van der Waals surface area contributed by atoms with E-state index in [0.717, 1.165) is 6.20 Å². The lowest BCUT2D eigenvalue weighted by molar-refractivity contribution is -0.137. The van der Waals surface area contributed by atoms with Gasteiger partial charge < -0.3 is 5.73 Å². The molecular weight excluding hydrogens is 205 g/mol. The minimum absolute atomic E-state index is 0.203. The quantitative estimate of drug-likeness (QED) is 0.828. The third kappa shape index (κ3) is 2.84. The Kier molecular flexibility index (Phi) is 3.21. The number of nitrogens with two attached hydrogens (primary N) is 1. The Hall–Kier alpha value is -1.26. The van der Waals surface area contributed by atoms with Gasteiger partial charge in [-0.25, -0.2) is 0 Å². The smallest absolute Gasteiger partial charge is 0.398 e. The normalized spacial score (nSPS) is 12.1. The maximum Gasteiger partial charge on any atom is 0.419 e. The Bertz CT molecular complexity index is 345. The van der Waals surface area contributed by atoms with E-state index in [9.17, 15) is 13.2 Å². The first-order chi connectivity index (χ1) is 6.82. The molecule has 0 atom stereocenters. The molecule has 84 valence electrons. The fourth-order valence-corrected chi connectivity index (χ4v) is 1.34. The van der Waals surface area contributed by atoms with Crippen molar-refractivity contribution in [3.8, 4) is 0 Å². The largest absolute Gasteiger partial charge is 0.419 e. The second-order valence-corrected chi connectivity index (χ2v) is 3.86. The highest BCUT2D eigenvalue weighted by Crippen LogP contribution is 2.34. The van der Waals surface area contributed by atoms with Gasteiger partial charge in [-0.1, -0.05) is 13.8 Å². The molecule has 1 rings (SSSR count). The molecule has 0 spiro atoms. The van der Waals surface area contributed by atoms with Gasteiger partial charge in [0.2, 0.25) is 0 Å². The number of rotatable bonds is 2. The van der Waals surface area contributed by atoms with Crippen LogP contribution < -0.4 is 5.73 Å². The number of nitrogen functional groups attached to an aromatic ring is 1. The van der Waals surface area contributed by atoms with Crippen LogP contribution in [0.2, 0.25) is 0 Å². The molecule has 0 unspecified atom stereocenters. The van der Waals surface area contributed by atoms with E-state index in [4.69, 9.17) is 5.73 Å². The van der Waals surface area contributed by atoms with E-state index >= 15 is 0 Å². The van der Waals surface area contributed by atoms with Crippen molar-refractivity contribution in [1.82, 2.24) is 4.98 Å². The molecule has 0 aliphatic carbocycles. The average Bonchev–Trinajstić information content (AvgIpc) is 2.05. The van der Waals surface area contributed by atoms with Crippen LogP contribution in [0.15, 0.2) is 12.4 Å². The number of pyridine rings is 1. The molecule has 2 nitrogen and oxygen atoms in total. The van der Waals surface area contributed by atoms with Crippen LogP contribution in [-0.2, 0) is 12.6 Å². The molecule has 0 fully saturated rings. The van der Waals surface area contributed by atoms with Crippen molar-refractivity contribution in [2.24, 2.45) is 5.92 Å². The summed E-state index contributed by atoms with van der Waals surface area (Å²) in [6.45, 7) is 3.83. The Labute approximate surface area is 86.3 Å². The van der Waals surface area contributed by atoms with E-state index < -0.39 is 11.7 Å². The van der Waals surface area contributed by atoms with Gasteiger partial charge in [0.25, 0.3) is 0 Å². The van der Waals surface area contributed by atoms with E-state index in [-0.39, 0.29) is 11.6 Å². The molecule has 0 saturated carbocycles. The van der Waals surface area contributed by atoms with Gasteiger partial charge in [0.15, 0.2) is 0 Å². The summed E-state index contributed by atoms with van der Waals surface area (Å²) in [5.41, 5.74) is 4.87. The van der Waals surface area contributed by atoms with E-state index in [1.807, 2.05) is 13.8 Å². The third-order valence-corrected chi connectivity index (χ3v) is 2.00. The standard InChI is InChI=1S/C10H13F3N2/c1-6(2)3-7-4-15-5-8(9(7)14)10(11,12)13/h4-6H,3H2,1-2H3,(H2,14,15). The molecule has 5 heteroatoms. The van der Waals surface area contributed by atoms with Crippen molar-refractivity contribution in [2.75, 3.05) is 5.73 Å². The van der Waals surface area contributed by atoms with Gasteiger partial charge in [0, 0.05) is 12.4 Å². The molecule has 1 heterocycles. The number of hydrogen-bond donors (Lipinski definition) is 1. The molecular formula is C10H13F3N2. The van der Waals surface area contributed by atoms with Gasteiger partial charge in [-0.3, -0.25) is 4.98 Å². The first-order valence-corrected chi connectivity index (χ1v) is 4.62. The monoisotopic (exact) mass is 218 g/mol. The van der Waals surface area contributed by atoms with Gasteiger partial charge in [0.1, 0.15) is 0 Å². The van der Waals surface area contributed by atoms with E-state index in [2.05, 4.69) is 4.98 Å². The summed E-state index contributed by atoms with van der Waals surface area (Å²) in [4.78, 5) is 3.56. The highest BCUT2D eigenvalue weighted by Gasteiger charge is 2.34. The summed E-state index contributed by atoms with van der Waals surface area (Å²) in [6, 6.07) is 0. The van der Waals surface area contributed by atoms with Crippen LogP contribution in [0.5, 0.6) is 0 Å². The maximum absolute atomic E-state index is 12.4. The van der Waals surface area contributed by atoms with Crippen molar-refractivity contribution in [2.45, 2.75) is 26.4 Å². The number of halogens is 3. The summed E-state index contributed by atoms with van der Waals surface area (Å²) < 4.78 is 37.3. The number of hydrogen-bond acceptors (Lipinski definition) is 2. The number of alkyl halides is 3. The predicted octanol–water partition coefficient (Wildman–Crippen LogP) is 2.88. The number of anilines is 1. The number of aromatic nitrogens is 1. The van der Waals surface area contributed by atoms with Crippen LogP contribution in [0.3, 0.4) is 0 Å². The Morgan fingerprint density at radius 3 is 2.40 bits per heavy atom. The molecule has 1 aromatic rings. The zero-order valence-electron chi connectivity index (χ0n) is 8.60. The van der Waals surface area contributed by atoms with Gasteiger partial charge in [-0.2, -0.15) is 13.2 Å². The highest BCUT2D eigenvalue weighted by atomic mass is 19.4. The predicted molar refractivity (Wildman–Crippen MR) is 52.2 cm³/mol. The lowest BCUT2D eigenvalue weighted by Gasteiger charge is -2.13. The van der Waals surface area contributed by atoms with Crippen LogP contribution >= 0.6 is 0 Å². The summed E-state index contributed by atoms with van der Waals surface area (Å²) in [5.74, 6) is 0.248. The van der Waals surface area contributed by atoms with Crippen LogP contribution in [0.25, 0.3) is 0 Å². The van der Waals surface area contributed by atoms with Crippen molar-refractivity contribution in [3.05, 3.63) is 23.5 Å². The second-order valence-electron chi connectivity index (χ2n) is 3.86. The maximum atomic E-state index is 12.4. The molecule has 0 radical (unpaired) electrons. The van der Waals surface area contributed by atoms with Crippen LogP contribution in [-0.4, -0.2) is 4.98 Å². The van der Waals surface area contributed by atoms with Gasteiger partial charge in [0.05, 0.1) is 11.3 Å². The molecule has 0 aliphatic rings. The zero-order valence-corrected chi connectivity index (χ0v) is 8.60. The summed E-state index contributed by atoms with van der Waals surface area (Å²) in [7, 11) is 0. The van der Waals surface area contributed by atoms with Crippen molar-refractivity contribution in [3.63, 3.8) is 0 Å². The molecule has 0 saturated heterocycles. The lowest BCUT2D eigenvalue weighted by Crippen LogP contribution is -2.12. The minimum Gasteiger partial charge on any atom is -0.398 e. The fourth-order valence-electron chi connectivity index (χ4n) is 1.34. The third-order valence-electron chi connectivity index (χ3n) is 2.00. The average molecular weight is 218 g/mol. The van der Waals surface area contributed by atoms with E-state index in [1.165, 1.54) is 6.20 Å². The summed E-state index contributed by atoms with van der Waals surface area (Å²) in [6.07, 6.45) is -1.77. The highest BCUT2D eigenvalue weighted by molar-refractivity contribution is 5.53. The first-order valence-electron chi connectivity index (χ1n) is 4.62. The topological polar surface area (TPSA) is 38.9 Å². The molecule has 1 aromatic heterocycles. The van der Waals surface area contributed by atoms with Crippen molar-refractivity contribution < 1.29 is 13.2 Å². The van der Waals surface area contributed by atoms with Gasteiger partial charge >= 0.3 is 6.18 Å². The van der Waals surface area contributed by atoms with Gasteiger partial charge in [-0.05, 0) is 17.9 Å². The van der Waals surface area contributed by atoms with Gasteiger partial charge in [-0.15, -0.1) is 0 Å². The minimum atomic E-state index is -4.43. The Morgan fingerprint density at radius 1 is 1.33 bits per heavy atom. The van der Waals surface area contributed by atoms with E-state index in [0.29, 0.717) is 12.0 Å². The second kappa shape index (κ2) is 4.08. The molecule has 0 bridgehead atoms.